The molecule has 10 heavy (non-hydrogen) atoms. The molecule has 0 aliphatic heterocycles. The predicted molar refractivity (Wildman–Crippen MR) is 35.2 cm³/mol. The van der Waals surface area contributed by atoms with Crippen LogP contribution >= 0.6 is 0 Å². The average Bonchev–Trinajstić information content (AvgIpc) is 2.14. The third kappa shape index (κ3) is 1.56. The Balaban J connectivity index is 0.000000810. The van der Waals surface area contributed by atoms with Crippen molar-refractivity contribution in [3.63, 3.8) is 0 Å². The Bertz CT molecular complexity index is 231. The molecule has 0 unspecified atom stereocenters. The molecule has 0 aliphatic carbocycles. The second-order valence-electron chi connectivity index (χ2n) is 1.81. The molecule has 0 aromatic carbocycles. The van der Waals surface area contributed by atoms with Gasteiger partial charge >= 0.3 is 0 Å². The summed E-state index contributed by atoms with van der Waals surface area (Å²) < 4.78 is 0.926. The molecule has 0 fully saturated rings. The summed E-state index contributed by atoms with van der Waals surface area (Å²) in [5.74, 6) is 0. The number of hydrogen-bond donors (Lipinski definition) is 0. The molecule has 5 heteroatoms. The molecule has 1 aromatic heterocycles. The van der Waals surface area contributed by atoms with Gasteiger partial charge in [0.2, 0.25) is 0 Å². The van der Waals surface area contributed by atoms with E-state index in [1.807, 2.05) is 0 Å². The number of hydrogen-bond acceptors (Lipinski definition) is 2. The highest BCUT2D eigenvalue weighted by Gasteiger charge is 1.97. The lowest BCUT2D eigenvalue weighted by Gasteiger charge is -1.84. The van der Waals surface area contributed by atoms with E-state index >= 15 is 0 Å². The SMILES string of the molecule is Cc1ccn([N+](=O)[O-])c1.O. The fourth-order valence-electron chi connectivity index (χ4n) is 0.590. The van der Waals surface area contributed by atoms with Crippen molar-refractivity contribution in [3.8, 4) is 0 Å². The molecule has 0 bridgehead atoms. The van der Waals surface area contributed by atoms with E-state index in [-0.39, 0.29) is 5.48 Å². The molecule has 1 heterocycles. The largest absolute Gasteiger partial charge is 0.412 e. The van der Waals surface area contributed by atoms with Gasteiger partial charge in [0.15, 0.2) is 5.03 Å². The molecule has 56 valence electrons. The molecule has 0 spiro atoms. The van der Waals surface area contributed by atoms with Crippen LogP contribution in [-0.4, -0.2) is 15.2 Å². The average molecular weight is 144 g/mol. The van der Waals surface area contributed by atoms with E-state index in [0.29, 0.717) is 0 Å². The van der Waals surface area contributed by atoms with Gasteiger partial charge in [0.25, 0.3) is 0 Å². The highest BCUT2D eigenvalue weighted by molar-refractivity contribution is 5.05. The van der Waals surface area contributed by atoms with Gasteiger partial charge in [0, 0.05) is 0 Å². The normalized spacial score (nSPS) is 8.50. The summed E-state index contributed by atoms with van der Waals surface area (Å²) >= 11 is 0. The smallest absolute Gasteiger partial charge is 0.169 e. The van der Waals surface area contributed by atoms with Crippen LogP contribution < -0.4 is 0 Å². The zero-order valence-corrected chi connectivity index (χ0v) is 5.44. The van der Waals surface area contributed by atoms with E-state index in [4.69, 9.17) is 0 Å². The second-order valence-corrected chi connectivity index (χ2v) is 1.81. The van der Waals surface area contributed by atoms with Gasteiger partial charge in [-0.15, -0.1) is 0 Å². The van der Waals surface area contributed by atoms with Crippen molar-refractivity contribution in [3.05, 3.63) is 34.1 Å². The van der Waals surface area contributed by atoms with Gasteiger partial charge in [0.1, 0.15) is 0 Å². The van der Waals surface area contributed by atoms with Gasteiger partial charge in [-0.25, -0.2) is 10.1 Å². The quantitative estimate of drug-likeness (QED) is 0.411. The summed E-state index contributed by atoms with van der Waals surface area (Å²) in [5.41, 5.74) is 0.895. The molecule has 1 aromatic rings. The highest BCUT2D eigenvalue weighted by Crippen LogP contribution is 1.96. The van der Waals surface area contributed by atoms with Gasteiger partial charge in [-0.1, -0.05) is 4.68 Å². The van der Waals surface area contributed by atoms with Crippen molar-refractivity contribution in [1.82, 2.24) is 4.68 Å². The first-order chi connectivity index (χ1) is 4.20. The second kappa shape index (κ2) is 2.98. The van der Waals surface area contributed by atoms with Gasteiger partial charge in [0.05, 0.1) is 12.4 Å². The van der Waals surface area contributed by atoms with Crippen LogP contribution in [0.2, 0.25) is 0 Å². The van der Waals surface area contributed by atoms with Crippen LogP contribution in [0.1, 0.15) is 5.56 Å². The molecule has 0 saturated heterocycles. The Morgan fingerprint density at radius 3 is 2.50 bits per heavy atom. The molecule has 2 N–H and O–H groups in total. The fourth-order valence-corrected chi connectivity index (χ4v) is 0.590. The van der Waals surface area contributed by atoms with Gasteiger partial charge in [-0.2, -0.15) is 0 Å². The number of nitro groups is 1. The number of rotatable bonds is 1. The Morgan fingerprint density at radius 1 is 1.70 bits per heavy atom. The third-order valence-electron chi connectivity index (χ3n) is 1.01. The standard InChI is InChI=1S/C5H6N2O2.H2O/c1-5-2-3-6(4-5)7(8)9;/h2-4H,1H3;1H2. The monoisotopic (exact) mass is 144 g/mol. The summed E-state index contributed by atoms with van der Waals surface area (Å²) in [6, 6.07) is 1.68. The van der Waals surface area contributed by atoms with Crippen molar-refractivity contribution in [1.29, 1.82) is 0 Å². The van der Waals surface area contributed by atoms with E-state index in [9.17, 15) is 10.1 Å². The van der Waals surface area contributed by atoms with Crippen molar-refractivity contribution in [2.75, 3.05) is 0 Å². The number of nitrogens with zero attached hydrogens (tertiary/aromatic N) is 2. The summed E-state index contributed by atoms with van der Waals surface area (Å²) in [4.78, 5) is 9.98. The van der Waals surface area contributed by atoms with E-state index < -0.39 is 5.03 Å². The van der Waals surface area contributed by atoms with Crippen molar-refractivity contribution < 1.29 is 10.5 Å². The van der Waals surface area contributed by atoms with E-state index in [1.165, 1.54) is 12.4 Å². The molecule has 0 amide bonds. The first kappa shape index (κ1) is 8.64. The Morgan fingerprint density at radius 2 is 2.30 bits per heavy atom. The third-order valence-corrected chi connectivity index (χ3v) is 1.01. The lowest BCUT2D eigenvalue weighted by atomic mass is 10.4. The molecule has 1 rings (SSSR count). The van der Waals surface area contributed by atoms with Crippen molar-refractivity contribution in [2.24, 2.45) is 0 Å². The zero-order chi connectivity index (χ0) is 6.85. The van der Waals surface area contributed by atoms with Crippen LogP contribution in [0.4, 0.5) is 0 Å². The fraction of sp³-hybridized carbons (Fsp3) is 0.200. The first-order valence-electron chi connectivity index (χ1n) is 2.49. The van der Waals surface area contributed by atoms with Crippen molar-refractivity contribution >= 4 is 0 Å². The predicted octanol–water partition coefficient (Wildman–Crippen LogP) is 0.0116. The molecular formula is C5H8N2O3. The van der Waals surface area contributed by atoms with Gasteiger partial charge in [-0.3, -0.25) is 0 Å². The molecule has 5 nitrogen and oxygen atoms in total. The number of aromatic nitrogens is 1. The van der Waals surface area contributed by atoms with Crippen LogP contribution in [0.3, 0.4) is 0 Å². The minimum Gasteiger partial charge on any atom is -0.412 e. The van der Waals surface area contributed by atoms with E-state index in [2.05, 4.69) is 0 Å². The Kier molecular flexibility index (Phi) is 2.57. The summed E-state index contributed by atoms with van der Waals surface area (Å²) in [5, 5.41) is 9.50. The molecule has 0 saturated carbocycles. The van der Waals surface area contributed by atoms with Gasteiger partial charge in [-0.05, 0) is 18.6 Å². The molecular weight excluding hydrogens is 136 g/mol. The van der Waals surface area contributed by atoms with E-state index in [0.717, 1.165) is 10.2 Å². The minimum absolute atomic E-state index is 0. The summed E-state index contributed by atoms with van der Waals surface area (Å²) in [6.45, 7) is 1.81. The van der Waals surface area contributed by atoms with Crippen LogP contribution in [-0.2, 0) is 0 Å². The van der Waals surface area contributed by atoms with Crippen LogP contribution in [0.5, 0.6) is 0 Å². The lowest BCUT2D eigenvalue weighted by Crippen LogP contribution is -2.04. The maximum absolute atomic E-state index is 9.98. The summed E-state index contributed by atoms with van der Waals surface area (Å²) in [7, 11) is 0. The summed E-state index contributed by atoms with van der Waals surface area (Å²) in [6.07, 6.45) is 2.87. The minimum atomic E-state index is -0.479. The Labute approximate surface area is 57.3 Å². The number of aryl methyl sites for hydroxylation is 1. The van der Waals surface area contributed by atoms with Crippen LogP contribution in [0.15, 0.2) is 18.5 Å². The first-order valence-corrected chi connectivity index (χ1v) is 2.49. The molecule has 0 atom stereocenters. The highest BCUT2D eigenvalue weighted by atomic mass is 16.7. The van der Waals surface area contributed by atoms with E-state index in [1.54, 1.807) is 13.0 Å². The molecule has 0 aliphatic rings. The maximum Gasteiger partial charge on any atom is 0.169 e. The molecule has 0 radical (unpaired) electrons. The van der Waals surface area contributed by atoms with Crippen LogP contribution in [0.25, 0.3) is 0 Å². The maximum atomic E-state index is 9.98. The van der Waals surface area contributed by atoms with Gasteiger partial charge < -0.3 is 5.48 Å². The van der Waals surface area contributed by atoms with Crippen molar-refractivity contribution in [2.45, 2.75) is 6.92 Å². The van der Waals surface area contributed by atoms with Crippen LogP contribution in [0, 0.1) is 17.0 Å². The lowest BCUT2D eigenvalue weighted by molar-refractivity contribution is -0.542. The topological polar surface area (TPSA) is 79.6 Å². The zero-order valence-electron chi connectivity index (χ0n) is 5.44. The Hall–Kier alpha value is -1.36.